The van der Waals surface area contributed by atoms with Gasteiger partial charge in [0.05, 0.1) is 11.3 Å². The van der Waals surface area contributed by atoms with E-state index < -0.39 is 17.4 Å². The van der Waals surface area contributed by atoms with E-state index in [-0.39, 0.29) is 45.1 Å². The predicted octanol–water partition coefficient (Wildman–Crippen LogP) is 4.38. The van der Waals surface area contributed by atoms with Gasteiger partial charge in [0, 0.05) is 49.0 Å². The quantitative estimate of drug-likeness (QED) is 0.559. The summed E-state index contributed by atoms with van der Waals surface area (Å²) in [5.41, 5.74) is -0.579. The zero-order chi connectivity index (χ0) is 25.8. The number of anilines is 1. The molecule has 2 fully saturated rings. The summed E-state index contributed by atoms with van der Waals surface area (Å²) in [5.74, 6) is -2.25. The summed E-state index contributed by atoms with van der Waals surface area (Å²) in [6, 6.07) is 7.31. The topological polar surface area (TPSA) is 83.3 Å². The molecule has 2 aliphatic heterocycles. The molecule has 3 aromatic rings. The van der Waals surface area contributed by atoms with Crippen LogP contribution in [0.2, 0.25) is 0 Å². The lowest BCUT2D eigenvalue weighted by molar-refractivity contribution is 0.0784. The van der Waals surface area contributed by atoms with Crippen LogP contribution in [-0.4, -0.2) is 44.0 Å². The van der Waals surface area contributed by atoms with Crippen LogP contribution in [0.3, 0.4) is 0 Å². The minimum absolute atomic E-state index is 0.0256. The van der Waals surface area contributed by atoms with Crippen molar-refractivity contribution in [2.45, 2.75) is 63.1 Å². The van der Waals surface area contributed by atoms with Gasteiger partial charge >= 0.3 is 0 Å². The van der Waals surface area contributed by atoms with Crippen LogP contribution in [0.1, 0.15) is 46.0 Å². The Morgan fingerprint density at radius 2 is 1.78 bits per heavy atom. The molecule has 1 unspecified atom stereocenters. The Kier molecular flexibility index (Phi) is 5.86. The van der Waals surface area contributed by atoms with Crippen molar-refractivity contribution >= 4 is 5.82 Å². The van der Waals surface area contributed by atoms with Gasteiger partial charge in [0.25, 0.3) is 5.56 Å². The summed E-state index contributed by atoms with van der Waals surface area (Å²) >= 11 is 0. The minimum Gasteiger partial charge on any atom is -0.507 e. The Labute approximate surface area is 208 Å². The molecule has 3 atom stereocenters. The summed E-state index contributed by atoms with van der Waals surface area (Å²) in [5, 5.41) is 22.8. The smallest absolute Gasteiger partial charge is 0.250 e. The fraction of sp³-hybridized carbons (Fsp3) is 0.444. The second kappa shape index (κ2) is 8.65. The van der Waals surface area contributed by atoms with Crippen LogP contribution in [0.4, 0.5) is 14.6 Å². The number of hydrogen-bond donors (Lipinski definition) is 2. The zero-order valence-corrected chi connectivity index (χ0v) is 21.0. The van der Waals surface area contributed by atoms with Crippen molar-refractivity contribution in [2.24, 2.45) is 7.05 Å². The molecule has 5 rings (SSSR count). The highest BCUT2D eigenvalue weighted by Gasteiger charge is 2.46. The fourth-order valence-electron chi connectivity index (χ4n) is 6.03. The summed E-state index contributed by atoms with van der Waals surface area (Å²) in [6.07, 6.45) is 6.90. The number of aromatic hydroxyl groups is 1. The molecular formula is C27H31F2N5O2. The lowest BCUT2D eigenvalue weighted by atomic mass is 9.69. The van der Waals surface area contributed by atoms with Gasteiger partial charge in [-0.3, -0.25) is 4.79 Å². The zero-order valence-electron chi connectivity index (χ0n) is 21.0. The largest absolute Gasteiger partial charge is 0.507 e. The van der Waals surface area contributed by atoms with E-state index in [4.69, 9.17) is 0 Å². The third-order valence-electron chi connectivity index (χ3n) is 7.85. The molecular weight excluding hydrogens is 464 g/mol. The molecule has 2 saturated heterocycles. The average Bonchev–Trinajstić information content (AvgIpc) is 2.82. The number of rotatable bonds is 4. The van der Waals surface area contributed by atoms with Gasteiger partial charge in [-0.2, -0.15) is 0 Å². The lowest BCUT2D eigenvalue weighted by Gasteiger charge is -2.55. The number of pyridine rings is 1. The number of hydrogen-bond acceptors (Lipinski definition) is 6. The second-order valence-electron chi connectivity index (χ2n) is 10.9. The predicted molar refractivity (Wildman–Crippen MR) is 135 cm³/mol. The van der Waals surface area contributed by atoms with Gasteiger partial charge in [0.15, 0.2) is 17.5 Å². The molecule has 0 saturated carbocycles. The van der Waals surface area contributed by atoms with E-state index in [1.807, 2.05) is 7.05 Å². The fourth-order valence-corrected chi connectivity index (χ4v) is 6.03. The van der Waals surface area contributed by atoms with Crippen LogP contribution in [0.15, 0.2) is 41.3 Å². The maximum Gasteiger partial charge on any atom is 0.250 e. The molecule has 0 amide bonds. The van der Waals surface area contributed by atoms with E-state index in [1.54, 1.807) is 19.2 Å². The Morgan fingerprint density at radius 1 is 1.08 bits per heavy atom. The number of nitrogens with one attached hydrogen (secondary N) is 1. The van der Waals surface area contributed by atoms with Gasteiger partial charge in [-0.05, 0) is 75.8 Å². The SMILES string of the molecule is CN(c1ccc(-c2c(O)cc(-c3ccn(C)c(=O)c3)c(F)c2F)nn1)C1C[C@]2(C)CCC[C@](C)(C1)N2. The van der Waals surface area contributed by atoms with E-state index in [9.17, 15) is 9.90 Å². The number of fused-ring (bicyclic) bond motifs is 2. The van der Waals surface area contributed by atoms with Gasteiger partial charge in [-0.25, -0.2) is 8.78 Å². The van der Waals surface area contributed by atoms with E-state index in [0.717, 1.165) is 31.7 Å². The highest BCUT2D eigenvalue weighted by Crippen LogP contribution is 2.42. The van der Waals surface area contributed by atoms with E-state index in [2.05, 4.69) is 34.3 Å². The highest BCUT2D eigenvalue weighted by molar-refractivity contribution is 5.75. The normalized spacial score (nSPS) is 25.6. The molecule has 2 aromatic heterocycles. The minimum atomic E-state index is -1.24. The van der Waals surface area contributed by atoms with Crippen LogP contribution in [0.25, 0.3) is 22.4 Å². The second-order valence-corrected chi connectivity index (χ2v) is 10.9. The molecule has 0 spiro atoms. The van der Waals surface area contributed by atoms with Crippen LogP contribution < -0.4 is 15.8 Å². The molecule has 0 aliphatic carbocycles. The van der Waals surface area contributed by atoms with Crippen molar-refractivity contribution in [3.05, 3.63) is 58.5 Å². The van der Waals surface area contributed by atoms with Crippen molar-refractivity contribution in [1.82, 2.24) is 20.1 Å². The molecule has 2 N–H and O–H groups in total. The number of aryl methyl sites for hydroxylation is 1. The van der Waals surface area contributed by atoms with Gasteiger partial charge in [-0.15, -0.1) is 10.2 Å². The summed E-state index contributed by atoms with van der Waals surface area (Å²) in [7, 11) is 3.54. The molecule has 36 heavy (non-hydrogen) atoms. The van der Waals surface area contributed by atoms with E-state index >= 15 is 8.78 Å². The monoisotopic (exact) mass is 495 g/mol. The van der Waals surface area contributed by atoms with Crippen molar-refractivity contribution in [3.8, 4) is 28.1 Å². The Morgan fingerprint density at radius 3 is 2.39 bits per heavy atom. The molecule has 9 heteroatoms. The number of nitrogens with zero attached hydrogens (tertiary/aromatic N) is 4. The van der Waals surface area contributed by atoms with Gasteiger partial charge in [0.1, 0.15) is 5.75 Å². The van der Waals surface area contributed by atoms with Crippen molar-refractivity contribution < 1.29 is 13.9 Å². The van der Waals surface area contributed by atoms with Crippen LogP contribution in [-0.2, 0) is 7.05 Å². The molecule has 2 aliphatic rings. The van der Waals surface area contributed by atoms with E-state index in [1.165, 1.54) is 29.3 Å². The standard InChI is InChI=1S/C27H31F2N5O2/c1-26-9-5-10-27(2,32-26)15-17(14-26)34(4)21-7-6-19(30-31-21)23-20(35)13-18(24(28)25(23)29)16-8-11-33(3)22(36)12-16/h6-8,11-13,17,32,35H,5,9-10,14-15H2,1-4H3/t17?,26-,27+. The lowest BCUT2D eigenvalue weighted by Crippen LogP contribution is -2.66. The first-order chi connectivity index (χ1) is 17.0. The number of aromatic nitrogens is 3. The first kappa shape index (κ1) is 24.4. The summed E-state index contributed by atoms with van der Waals surface area (Å²) < 4.78 is 31.5. The van der Waals surface area contributed by atoms with Crippen molar-refractivity contribution in [3.63, 3.8) is 0 Å². The number of piperidine rings is 2. The maximum absolute atomic E-state index is 15.1. The number of phenolic OH excluding ortho intramolecular Hbond substituents is 1. The number of phenols is 1. The number of benzene rings is 1. The van der Waals surface area contributed by atoms with Crippen LogP contribution >= 0.6 is 0 Å². The van der Waals surface area contributed by atoms with Crippen molar-refractivity contribution in [1.29, 1.82) is 0 Å². The Bertz CT molecular complexity index is 1360. The first-order valence-electron chi connectivity index (χ1n) is 12.2. The van der Waals surface area contributed by atoms with Crippen molar-refractivity contribution in [2.75, 3.05) is 11.9 Å². The first-order valence-corrected chi connectivity index (χ1v) is 12.2. The maximum atomic E-state index is 15.1. The van der Waals surface area contributed by atoms with Gasteiger partial charge < -0.3 is 19.9 Å². The molecule has 0 radical (unpaired) electrons. The number of halogens is 2. The summed E-state index contributed by atoms with van der Waals surface area (Å²) in [6.45, 7) is 4.55. The molecule has 7 nitrogen and oxygen atoms in total. The molecule has 1 aromatic carbocycles. The Balaban J connectivity index is 1.43. The third-order valence-corrected chi connectivity index (χ3v) is 7.85. The molecule has 190 valence electrons. The average molecular weight is 496 g/mol. The van der Waals surface area contributed by atoms with Gasteiger partial charge in [0.2, 0.25) is 0 Å². The van der Waals surface area contributed by atoms with E-state index in [0.29, 0.717) is 5.82 Å². The van der Waals surface area contributed by atoms with Crippen LogP contribution in [0, 0.1) is 11.6 Å². The molecule has 2 bridgehead atoms. The van der Waals surface area contributed by atoms with Gasteiger partial charge in [-0.1, -0.05) is 0 Å². The Hall–Kier alpha value is -3.33. The third kappa shape index (κ3) is 4.25. The highest BCUT2D eigenvalue weighted by atomic mass is 19.2. The summed E-state index contributed by atoms with van der Waals surface area (Å²) in [4.78, 5) is 14.0. The van der Waals surface area contributed by atoms with Crippen LogP contribution in [0.5, 0.6) is 5.75 Å². The molecule has 4 heterocycles.